The summed E-state index contributed by atoms with van der Waals surface area (Å²) in [7, 11) is 0. The fourth-order valence-electron chi connectivity index (χ4n) is 3.23. The summed E-state index contributed by atoms with van der Waals surface area (Å²) in [5, 5.41) is 10.4. The van der Waals surface area contributed by atoms with Crippen LogP contribution in [0.2, 0.25) is 5.02 Å². The van der Waals surface area contributed by atoms with Gasteiger partial charge in [-0.1, -0.05) is 48.9 Å². The lowest BCUT2D eigenvalue weighted by molar-refractivity contribution is 0.109. The number of halogens is 2. The number of hydrogen-bond donors (Lipinski definition) is 1. The number of allylic oxidation sites excluding steroid dienone is 1. The van der Waals surface area contributed by atoms with Gasteiger partial charge in [0.25, 0.3) is 0 Å². The number of aliphatic hydroxyl groups is 1. The Morgan fingerprint density at radius 1 is 1.22 bits per heavy atom. The number of hydrogen-bond acceptors (Lipinski definition) is 1. The summed E-state index contributed by atoms with van der Waals surface area (Å²) >= 11 is 6.13. The molecule has 2 atom stereocenters. The molecule has 0 saturated heterocycles. The quantitative estimate of drug-likeness (QED) is 0.756. The Kier molecular flexibility index (Phi) is 4.56. The van der Waals surface area contributed by atoms with Gasteiger partial charge in [0.15, 0.2) is 0 Å². The summed E-state index contributed by atoms with van der Waals surface area (Å²) in [4.78, 5) is 0. The van der Waals surface area contributed by atoms with Crippen LogP contribution in [0.25, 0.3) is 11.6 Å². The molecule has 0 radical (unpaired) electrons. The van der Waals surface area contributed by atoms with Gasteiger partial charge in [-0.05, 0) is 60.1 Å². The van der Waals surface area contributed by atoms with Crippen molar-refractivity contribution in [1.29, 1.82) is 0 Å². The monoisotopic (exact) mass is 330 g/mol. The zero-order chi connectivity index (χ0) is 16.6. The summed E-state index contributed by atoms with van der Waals surface area (Å²) in [6.45, 7) is 3.94. The summed E-state index contributed by atoms with van der Waals surface area (Å²) < 4.78 is 14.0. The van der Waals surface area contributed by atoms with Crippen LogP contribution in [0.15, 0.2) is 36.4 Å². The predicted octanol–water partition coefficient (Wildman–Crippen LogP) is 5.14. The fraction of sp³-hybridized carbons (Fsp3) is 0.300. The molecule has 0 saturated carbocycles. The van der Waals surface area contributed by atoms with Crippen molar-refractivity contribution in [2.24, 2.45) is 5.92 Å². The second-order valence-corrected chi connectivity index (χ2v) is 6.81. The minimum atomic E-state index is -0.305. The largest absolute Gasteiger partial charge is 0.392 e. The average molecular weight is 331 g/mol. The summed E-state index contributed by atoms with van der Waals surface area (Å²) in [6, 6.07) is 10.9. The van der Waals surface area contributed by atoms with Crippen molar-refractivity contribution in [3.8, 4) is 0 Å². The molecule has 120 valence electrons. The van der Waals surface area contributed by atoms with Crippen LogP contribution in [0.1, 0.15) is 36.1 Å². The molecule has 1 aliphatic rings. The Hall–Kier alpha value is -1.64. The molecule has 0 bridgehead atoms. The number of aliphatic hydroxyl groups excluding tert-OH is 1. The second kappa shape index (κ2) is 6.46. The van der Waals surface area contributed by atoms with Gasteiger partial charge in [0.2, 0.25) is 0 Å². The van der Waals surface area contributed by atoms with E-state index < -0.39 is 0 Å². The molecule has 23 heavy (non-hydrogen) atoms. The van der Waals surface area contributed by atoms with E-state index >= 15 is 0 Å². The first-order valence-electron chi connectivity index (χ1n) is 7.88. The van der Waals surface area contributed by atoms with E-state index in [1.165, 1.54) is 17.2 Å². The van der Waals surface area contributed by atoms with Gasteiger partial charge >= 0.3 is 0 Å². The first kappa shape index (κ1) is 16.2. The van der Waals surface area contributed by atoms with Gasteiger partial charge in [-0.15, -0.1) is 0 Å². The molecular formula is C20H20ClFO. The molecule has 0 aromatic heterocycles. The minimum absolute atomic E-state index is 0.261. The minimum Gasteiger partial charge on any atom is -0.392 e. The lowest BCUT2D eigenvalue weighted by Gasteiger charge is -2.27. The maximum Gasteiger partial charge on any atom is 0.132 e. The zero-order valence-corrected chi connectivity index (χ0v) is 14.1. The Morgan fingerprint density at radius 3 is 2.74 bits per heavy atom. The Bertz CT molecular complexity index is 746. The Labute approximate surface area is 141 Å². The topological polar surface area (TPSA) is 20.2 Å². The lowest BCUT2D eigenvalue weighted by atomic mass is 9.82. The van der Waals surface area contributed by atoms with Gasteiger partial charge in [0.05, 0.1) is 11.1 Å². The zero-order valence-electron chi connectivity index (χ0n) is 13.3. The van der Waals surface area contributed by atoms with Crippen molar-refractivity contribution in [2.75, 3.05) is 0 Å². The van der Waals surface area contributed by atoms with Gasteiger partial charge < -0.3 is 5.11 Å². The fourth-order valence-corrected chi connectivity index (χ4v) is 3.54. The highest BCUT2D eigenvalue weighted by atomic mass is 35.5. The van der Waals surface area contributed by atoms with Crippen LogP contribution in [-0.2, 0) is 12.8 Å². The van der Waals surface area contributed by atoms with Gasteiger partial charge in [0, 0.05) is 5.56 Å². The van der Waals surface area contributed by atoms with Crippen LogP contribution >= 0.6 is 11.6 Å². The van der Waals surface area contributed by atoms with Crippen molar-refractivity contribution in [2.45, 2.75) is 32.8 Å². The predicted molar refractivity (Wildman–Crippen MR) is 94.0 cm³/mol. The molecule has 3 rings (SSSR count). The highest BCUT2D eigenvalue weighted by Crippen LogP contribution is 2.30. The smallest absolute Gasteiger partial charge is 0.132 e. The molecule has 0 spiro atoms. The van der Waals surface area contributed by atoms with E-state index in [1.54, 1.807) is 12.1 Å². The SMILES string of the molecule is C/C(=C\c1ccc2c(c1)C[C@H](C)[C@@H](O)C2)c1c(F)cccc1Cl. The summed E-state index contributed by atoms with van der Waals surface area (Å²) in [5.41, 5.74) is 4.76. The third kappa shape index (κ3) is 3.34. The van der Waals surface area contributed by atoms with Crippen molar-refractivity contribution in [3.63, 3.8) is 0 Å². The van der Waals surface area contributed by atoms with Crippen LogP contribution in [0.4, 0.5) is 4.39 Å². The summed E-state index contributed by atoms with van der Waals surface area (Å²) in [5.74, 6) is -0.0372. The van der Waals surface area contributed by atoms with E-state index in [9.17, 15) is 9.50 Å². The molecular weight excluding hydrogens is 311 g/mol. The number of benzene rings is 2. The maximum atomic E-state index is 14.0. The molecule has 0 heterocycles. The highest BCUT2D eigenvalue weighted by Gasteiger charge is 2.23. The van der Waals surface area contributed by atoms with Gasteiger partial charge in [-0.25, -0.2) is 4.39 Å². The van der Waals surface area contributed by atoms with Crippen LogP contribution in [0, 0.1) is 11.7 Å². The Balaban J connectivity index is 1.96. The van der Waals surface area contributed by atoms with Crippen molar-refractivity contribution in [1.82, 2.24) is 0 Å². The van der Waals surface area contributed by atoms with E-state index in [0.29, 0.717) is 17.0 Å². The first-order valence-corrected chi connectivity index (χ1v) is 8.26. The molecule has 1 aliphatic carbocycles. The molecule has 0 fully saturated rings. The van der Waals surface area contributed by atoms with Crippen molar-refractivity contribution in [3.05, 3.63) is 69.5 Å². The standard InChI is InChI=1S/C20H20ClFO/c1-12-9-16-10-14(6-7-15(16)11-19(12)23)8-13(2)20-17(21)4-3-5-18(20)22/h3-8,10,12,19,23H,9,11H2,1-2H3/b13-8+/t12-,19-/m0/s1. The number of rotatable bonds is 2. The average Bonchev–Trinajstić information content (AvgIpc) is 2.48. The van der Waals surface area contributed by atoms with Crippen LogP contribution < -0.4 is 0 Å². The molecule has 2 aromatic rings. The molecule has 1 N–H and O–H groups in total. The van der Waals surface area contributed by atoms with Crippen molar-refractivity contribution >= 4 is 23.3 Å². The lowest BCUT2D eigenvalue weighted by Crippen LogP contribution is -2.27. The Morgan fingerprint density at radius 2 is 2.00 bits per heavy atom. The second-order valence-electron chi connectivity index (χ2n) is 6.41. The molecule has 0 aliphatic heterocycles. The third-order valence-electron chi connectivity index (χ3n) is 4.60. The third-order valence-corrected chi connectivity index (χ3v) is 4.91. The van der Waals surface area contributed by atoms with Gasteiger partial charge in [0.1, 0.15) is 5.82 Å². The van der Waals surface area contributed by atoms with Crippen molar-refractivity contribution < 1.29 is 9.50 Å². The highest BCUT2D eigenvalue weighted by molar-refractivity contribution is 6.32. The maximum absolute atomic E-state index is 14.0. The normalized spacial score (nSPS) is 21.2. The molecule has 1 nitrogen and oxygen atoms in total. The van der Waals surface area contributed by atoms with Crippen LogP contribution in [0.3, 0.4) is 0 Å². The molecule has 3 heteroatoms. The van der Waals surface area contributed by atoms with Gasteiger partial charge in [-0.3, -0.25) is 0 Å². The van der Waals surface area contributed by atoms with Crippen LogP contribution in [0.5, 0.6) is 0 Å². The molecule has 0 unspecified atom stereocenters. The van der Waals surface area contributed by atoms with Gasteiger partial charge in [-0.2, -0.15) is 0 Å². The summed E-state index contributed by atoms with van der Waals surface area (Å²) in [6.07, 6.45) is 3.28. The van der Waals surface area contributed by atoms with E-state index in [0.717, 1.165) is 17.6 Å². The number of fused-ring (bicyclic) bond motifs is 1. The first-order chi connectivity index (χ1) is 11.0. The van der Waals surface area contributed by atoms with Crippen LogP contribution in [-0.4, -0.2) is 11.2 Å². The van der Waals surface area contributed by atoms with E-state index in [1.807, 2.05) is 19.1 Å². The molecule has 0 amide bonds. The van der Waals surface area contributed by atoms with E-state index in [-0.39, 0.29) is 17.8 Å². The molecule has 2 aromatic carbocycles. The van der Waals surface area contributed by atoms with E-state index in [4.69, 9.17) is 11.6 Å². The van der Waals surface area contributed by atoms with E-state index in [2.05, 4.69) is 19.1 Å².